The molecule has 6 heteroatoms. The number of fused-ring (bicyclic) bond motifs is 2. The summed E-state index contributed by atoms with van der Waals surface area (Å²) in [7, 11) is 0. The molecule has 1 fully saturated rings. The molecule has 1 aliphatic heterocycles. The van der Waals surface area contributed by atoms with Gasteiger partial charge in [-0.15, -0.1) is 0 Å². The van der Waals surface area contributed by atoms with Crippen molar-refractivity contribution in [3.63, 3.8) is 0 Å². The maximum Gasteiger partial charge on any atom is 0.277 e. The van der Waals surface area contributed by atoms with Crippen molar-refractivity contribution in [1.82, 2.24) is 0 Å². The van der Waals surface area contributed by atoms with Gasteiger partial charge in [0.05, 0.1) is 5.41 Å². The van der Waals surface area contributed by atoms with E-state index in [1.54, 1.807) is 0 Å². The number of hydrogen-bond donors (Lipinski definition) is 3. The molecule has 0 amide bonds. The van der Waals surface area contributed by atoms with Gasteiger partial charge in [0, 0.05) is 13.0 Å². The first-order valence-corrected chi connectivity index (χ1v) is 8.44. The van der Waals surface area contributed by atoms with Crippen LogP contribution in [-0.4, -0.2) is 30.1 Å². The summed E-state index contributed by atoms with van der Waals surface area (Å²) in [6.45, 7) is 0.710. The molecule has 0 radical (unpaired) electrons. The van der Waals surface area contributed by atoms with Crippen LogP contribution in [-0.2, 0) is 9.47 Å². The van der Waals surface area contributed by atoms with E-state index in [9.17, 15) is 0 Å². The van der Waals surface area contributed by atoms with Crippen molar-refractivity contribution < 1.29 is 9.47 Å². The highest BCUT2D eigenvalue weighted by atomic mass is 16.5. The predicted molar refractivity (Wildman–Crippen MR) is 89.7 cm³/mol. The summed E-state index contributed by atoms with van der Waals surface area (Å²) in [5.74, 6) is 0.342. The standard InChI is InChI=1S/C17H24N4O2/c18-14(22-13-5-3-1-2-4-10-21-13)15(19)23-16(20)17-8-6-12(11-17)7-9-17/h6,8,12,18-20H,1-5,7,9-11H2. The predicted octanol–water partition coefficient (Wildman–Crippen LogP) is 3.67. The minimum atomic E-state index is -0.405. The van der Waals surface area contributed by atoms with Gasteiger partial charge in [0.2, 0.25) is 0 Å². The zero-order chi connectivity index (χ0) is 16.3. The Balaban J connectivity index is 1.54. The van der Waals surface area contributed by atoms with Crippen molar-refractivity contribution in [3.8, 4) is 0 Å². The highest BCUT2D eigenvalue weighted by Gasteiger charge is 2.46. The van der Waals surface area contributed by atoms with E-state index in [0.717, 1.165) is 38.5 Å². The zero-order valence-corrected chi connectivity index (χ0v) is 13.4. The average Bonchev–Trinajstić information content (AvgIpc) is 3.11. The zero-order valence-electron chi connectivity index (χ0n) is 13.4. The Morgan fingerprint density at radius 1 is 1.13 bits per heavy atom. The Labute approximate surface area is 136 Å². The van der Waals surface area contributed by atoms with Crippen LogP contribution in [0, 0.1) is 27.6 Å². The summed E-state index contributed by atoms with van der Waals surface area (Å²) in [5, 5.41) is 23.9. The van der Waals surface area contributed by atoms with E-state index in [2.05, 4.69) is 11.1 Å². The number of nitrogens with zero attached hydrogens (tertiary/aromatic N) is 1. The second-order valence-corrected chi connectivity index (χ2v) is 6.65. The summed E-state index contributed by atoms with van der Waals surface area (Å²) in [6.07, 6.45) is 12.1. The Morgan fingerprint density at radius 2 is 1.96 bits per heavy atom. The highest BCUT2D eigenvalue weighted by Crippen LogP contribution is 2.49. The van der Waals surface area contributed by atoms with Crippen molar-refractivity contribution >= 4 is 23.6 Å². The van der Waals surface area contributed by atoms with Crippen LogP contribution in [0.5, 0.6) is 0 Å². The number of rotatable bonds is 1. The molecule has 3 aliphatic rings. The molecule has 0 spiro atoms. The van der Waals surface area contributed by atoms with Gasteiger partial charge < -0.3 is 9.47 Å². The van der Waals surface area contributed by atoms with Gasteiger partial charge in [0.1, 0.15) is 0 Å². The summed E-state index contributed by atoms with van der Waals surface area (Å²) < 4.78 is 10.7. The maximum atomic E-state index is 8.17. The molecule has 2 atom stereocenters. The molecule has 3 N–H and O–H groups in total. The summed E-state index contributed by atoms with van der Waals surface area (Å²) in [4.78, 5) is 4.34. The van der Waals surface area contributed by atoms with Gasteiger partial charge in [0.15, 0.2) is 11.8 Å². The first-order chi connectivity index (χ1) is 11.1. The van der Waals surface area contributed by atoms with Crippen molar-refractivity contribution in [3.05, 3.63) is 12.2 Å². The largest absolute Gasteiger partial charge is 0.421 e. The number of ether oxygens (including phenoxy) is 2. The minimum Gasteiger partial charge on any atom is -0.421 e. The van der Waals surface area contributed by atoms with Crippen LogP contribution in [0.4, 0.5) is 0 Å². The molecule has 0 saturated heterocycles. The maximum absolute atomic E-state index is 8.17. The Morgan fingerprint density at radius 3 is 2.65 bits per heavy atom. The topological polar surface area (TPSA) is 102 Å². The molecule has 0 aromatic heterocycles. The van der Waals surface area contributed by atoms with E-state index in [1.807, 2.05) is 6.08 Å². The van der Waals surface area contributed by atoms with E-state index in [1.165, 1.54) is 6.42 Å². The third-order valence-electron chi connectivity index (χ3n) is 4.94. The van der Waals surface area contributed by atoms with E-state index < -0.39 is 5.90 Å². The molecule has 124 valence electrons. The molecule has 2 unspecified atom stereocenters. The molecule has 1 saturated carbocycles. The van der Waals surface area contributed by atoms with Gasteiger partial charge in [-0.2, -0.15) is 0 Å². The van der Waals surface area contributed by atoms with E-state index >= 15 is 0 Å². The summed E-state index contributed by atoms with van der Waals surface area (Å²) in [6, 6.07) is 0. The first kappa shape index (κ1) is 15.9. The molecule has 23 heavy (non-hydrogen) atoms. The molecule has 2 aliphatic carbocycles. The number of nitrogens with one attached hydrogen (secondary N) is 3. The lowest BCUT2D eigenvalue weighted by Crippen LogP contribution is -2.32. The van der Waals surface area contributed by atoms with Crippen molar-refractivity contribution in [1.29, 1.82) is 16.2 Å². The Bertz CT molecular complexity index is 581. The van der Waals surface area contributed by atoms with E-state index in [4.69, 9.17) is 25.7 Å². The SMILES string of the molecule is N=C(OC(=N)C12C=CC(CC1)C2)C(=N)OC1=NCCCCCC1. The monoisotopic (exact) mass is 316 g/mol. The van der Waals surface area contributed by atoms with Crippen LogP contribution >= 0.6 is 0 Å². The van der Waals surface area contributed by atoms with Gasteiger partial charge in [0.25, 0.3) is 11.8 Å². The second kappa shape index (κ2) is 6.64. The van der Waals surface area contributed by atoms with Crippen LogP contribution in [0.1, 0.15) is 51.4 Å². The third-order valence-corrected chi connectivity index (χ3v) is 4.94. The van der Waals surface area contributed by atoms with Crippen molar-refractivity contribution in [2.24, 2.45) is 16.3 Å². The second-order valence-electron chi connectivity index (χ2n) is 6.65. The average molecular weight is 316 g/mol. The quantitative estimate of drug-likeness (QED) is 0.390. The van der Waals surface area contributed by atoms with Crippen molar-refractivity contribution in [2.45, 2.75) is 51.4 Å². The molecule has 0 aromatic carbocycles. The minimum absolute atomic E-state index is 0.0618. The van der Waals surface area contributed by atoms with Crippen LogP contribution in [0.25, 0.3) is 0 Å². The number of hydrogen-bond acceptors (Lipinski definition) is 6. The van der Waals surface area contributed by atoms with Gasteiger partial charge in [-0.25, -0.2) is 0 Å². The first-order valence-electron chi connectivity index (χ1n) is 8.44. The Kier molecular flexibility index (Phi) is 4.59. The lowest BCUT2D eigenvalue weighted by Gasteiger charge is -2.24. The lowest BCUT2D eigenvalue weighted by molar-refractivity contribution is 0.408. The van der Waals surface area contributed by atoms with Crippen molar-refractivity contribution in [2.75, 3.05) is 6.54 Å². The molecular weight excluding hydrogens is 292 g/mol. The fraction of sp³-hybridized carbons (Fsp3) is 0.647. The fourth-order valence-corrected chi connectivity index (χ4v) is 3.55. The fourth-order valence-electron chi connectivity index (χ4n) is 3.55. The molecule has 6 nitrogen and oxygen atoms in total. The Hall–Kier alpha value is -1.98. The number of aliphatic imine (C=N–C) groups is 1. The van der Waals surface area contributed by atoms with Gasteiger partial charge >= 0.3 is 0 Å². The lowest BCUT2D eigenvalue weighted by atomic mass is 9.87. The van der Waals surface area contributed by atoms with Gasteiger partial charge in [-0.1, -0.05) is 25.0 Å². The molecule has 1 heterocycles. The van der Waals surface area contributed by atoms with Crippen LogP contribution in [0.3, 0.4) is 0 Å². The normalized spacial score (nSPS) is 29.4. The van der Waals surface area contributed by atoms with Gasteiger partial charge in [-0.3, -0.25) is 21.2 Å². The molecular formula is C17H24N4O2. The summed E-state index contributed by atoms with van der Waals surface area (Å²) in [5.41, 5.74) is -0.366. The smallest absolute Gasteiger partial charge is 0.277 e. The molecule has 2 bridgehead atoms. The molecule has 3 rings (SSSR count). The van der Waals surface area contributed by atoms with Gasteiger partial charge in [-0.05, 0) is 38.0 Å². The third kappa shape index (κ3) is 3.51. The summed E-state index contributed by atoms with van der Waals surface area (Å²) >= 11 is 0. The highest BCUT2D eigenvalue weighted by molar-refractivity contribution is 6.36. The van der Waals surface area contributed by atoms with E-state index in [-0.39, 0.29) is 17.2 Å². The molecule has 0 aromatic rings. The van der Waals surface area contributed by atoms with Crippen LogP contribution in [0.2, 0.25) is 0 Å². The van der Waals surface area contributed by atoms with Crippen LogP contribution in [0.15, 0.2) is 17.1 Å². The van der Waals surface area contributed by atoms with E-state index in [0.29, 0.717) is 24.8 Å². The van der Waals surface area contributed by atoms with Crippen LogP contribution < -0.4 is 0 Å². The number of allylic oxidation sites excluding steroid dienone is 1.